The number of nitrogens with one attached hydrogen (secondary N) is 1. The minimum absolute atomic E-state index is 0.0272. The SMILES string of the molecule is Cc1cc(C(=O)CCC(=O)NCCOc2ccc3ccccc3c2)c(C)s1. The van der Waals surface area contributed by atoms with Crippen LogP contribution in [-0.4, -0.2) is 24.8 Å². The van der Waals surface area contributed by atoms with Crippen LogP contribution in [0.1, 0.15) is 33.0 Å². The lowest BCUT2D eigenvalue weighted by atomic mass is 10.1. The van der Waals surface area contributed by atoms with E-state index in [1.54, 1.807) is 11.3 Å². The third-order valence-corrected chi connectivity index (χ3v) is 5.30. The molecule has 0 saturated heterocycles. The summed E-state index contributed by atoms with van der Waals surface area (Å²) >= 11 is 1.61. The maximum Gasteiger partial charge on any atom is 0.220 e. The molecule has 0 unspecified atom stereocenters. The van der Waals surface area contributed by atoms with Gasteiger partial charge in [-0.3, -0.25) is 9.59 Å². The highest BCUT2D eigenvalue weighted by atomic mass is 32.1. The van der Waals surface area contributed by atoms with E-state index in [0.717, 1.165) is 26.5 Å². The highest BCUT2D eigenvalue weighted by molar-refractivity contribution is 7.12. The van der Waals surface area contributed by atoms with Crippen LogP contribution >= 0.6 is 11.3 Å². The zero-order chi connectivity index (χ0) is 19.2. The third-order valence-electron chi connectivity index (χ3n) is 4.33. The molecule has 0 spiro atoms. The molecule has 5 heteroatoms. The Morgan fingerprint density at radius 1 is 1.00 bits per heavy atom. The molecule has 0 bridgehead atoms. The van der Waals surface area contributed by atoms with E-state index in [9.17, 15) is 9.59 Å². The molecule has 0 aliphatic carbocycles. The molecule has 1 heterocycles. The van der Waals surface area contributed by atoms with Crippen LogP contribution in [0.4, 0.5) is 0 Å². The number of fused-ring (bicyclic) bond motifs is 1. The van der Waals surface area contributed by atoms with E-state index in [0.29, 0.717) is 13.2 Å². The zero-order valence-corrected chi connectivity index (χ0v) is 16.4. The summed E-state index contributed by atoms with van der Waals surface area (Å²) in [6, 6.07) is 15.9. The summed E-state index contributed by atoms with van der Waals surface area (Å²) in [5.74, 6) is 0.677. The molecule has 1 N–H and O–H groups in total. The van der Waals surface area contributed by atoms with Crippen LogP contribution in [0.5, 0.6) is 5.75 Å². The number of rotatable bonds is 8. The average molecular weight is 381 g/mol. The number of ether oxygens (including phenoxy) is 1. The number of amides is 1. The lowest BCUT2D eigenvalue weighted by Crippen LogP contribution is -2.28. The number of hydrogen-bond acceptors (Lipinski definition) is 4. The van der Waals surface area contributed by atoms with E-state index in [-0.39, 0.29) is 24.5 Å². The zero-order valence-electron chi connectivity index (χ0n) is 15.6. The normalized spacial score (nSPS) is 10.7. The first-order valence-corrected chi connectivity index (χ1v) is 9.83. The molecule has 0 atom stereocenters. The molecule has 2 aromatic carbocycles. The predicted octanol–water partition coefficient (Wildman–Crippen LogP) is 4.68. The first-order valence-electron chi connectivity index (χ1n) is 9.01. The van der Waals surface area contributed by atoms with Gasteiger partial charge in [0.25, 0.3) is 0 Å². The number of thiophene rings is 1. The molecule has 140 valence electrons. The first-order chi connectivity index (χ1) is 13.0. The van der Waals surface area contributed by atoms with Crippen molar-refractivity contribution in [3.63, 3.8) is 0 Å². The molecule has 3 aromatic rings. The molecule has 3 rings (SSSR count). The van der Waals surface area contributed by atoms with Gasteiger partial charge in [-0.2, -0.15) is 0 Å². The van der Waals surface area contributed by atoms with Crippen LogP contribution in [0.3, 0.4) is 0 Å². The highest BCUT2D eigenvalue weighted by Gasteiger charge is 2.13. The van der Waals surface area contributed by atoms with E-state index in [4.69, 9.17) is 4.74 Å². The molecule has 0 fully saturated rings. The first kappa shape index (κ1) is 19.1. The van der Waals surface area contributed by atoms with Crippen LogP contribution in [0.15, 0.2) is 48.5 Å². The monoisotopic (exact) mass is 381 g/mol. The number of benzene rings is 2. The van der Waals surface area contributed by atoms with Gasteiger partial charge in [0.05, 0.1) is 6.54 Å². The predicted molar refractivity (Wildman–Crippen MR) is 110 cm³/mol. The minimum atomic E-state index is -0.130. The van der Waals surface area contributed by atoms with Crippen LogP contribution < -0.4 is 10.1 Å². The molecular weight excluding hydrogens is 358 g/mol. The van der Waals surface area contributed by atoms with Gasteiger partial charge >= 0.3 is 0 Å². The van der Waals surface area contributed by atoms with Crippen molar-refractivity contribution in [1.29, 1.82) is 0 Å². The van der Waals surface area contributed by atoms with Gasteiger partial charge in [-0.05, 0) is 42.8 Å². The Bertz CT molecular complexity index is 961. The van der Waals surface area contributed by atoms with Crippen molar-refractivity contribution in [3.05, 3.63) is 63.8 Å². The van der Waals surface area contributed by atoms with Gasteiger partial charge in [-0.1, -0.05) is 30.3 Å². The van der Waals surface area contributed by atoms with E-state index < -0.39 is 0 Å². The maximum absolute atomic E-state index is 12.2. The molecule has 4 nitrogen and oxygen atoms in total. The second-order valence-electron chi connectivity index (χ2n) is 6.46. The summed E-state index contributed by atoms with van der Waals surface area (Å²) in [4.78, 5) is 26.3. The minimum Gasteiger partial charge on any atom is -0.492 e. The topological polar surface area (TPSA) is 55.4 Å². The Morgan fingerprint density at radius 2 is 1.78 bits per heavy atom. The van der Waals surface area contributed by atoms with Crippen molar-refractivity contribution >= 4 is 33.8 Å². The van der Waals surface area contributed by atoms with Gasteiger partial charge < -0.3 is 10.1 Å². The second kappa shape index (κ2) is 8.82. The maximum atomic E-state index is 12.2. The van der Waals surface area contributed by atoms with Crippen LogP contribution in [0.2, 0.25) is 0 Å². The Balaban J connectivity index is 1.39. The molecular formula is C22H23NO3S. The number of carbonyl (C=O) groups excluding carboxylic acids is 2. The number of Topliss-reactive ketones (excluding diaryl/α,β-unsaturated/α-hetero) is 1. The fraction of sp³-hybridized carbons (Fsp3) is 0.273. The van der Waals surface area contributed by atoms with E-state index in [2.05, 4.69) is 11.4 Å². The van der Waals surface area contributed by atoms with Crippen molar-refractivity contribution < 1.29 is 14.3 Å². The van der Waals surface area contributed by atoms with Crippen molar-refractivity contribution in [3.8, 4) is 5.75 Å². The van der Waals surface area contributed by atoms with Crippen LogP contribution in [0.25, 0.3) is 10.8 Å². The Hall–Kier alpha value is -2.66. The summed E-state index contributed by atoms with van der Waals surface area (Å²) in [6.45, 7) is 4.73. The van der Waals surface area contributed by atoms with Gasteiger partial charge in [0.2, 0.25) is 5.91 Å². The van der Waals surface area contributed by atoms with Gasteiger partial charge in [-0.15, -0.1) is 11.3 Å². The van der Waals surface area contributed by atoms with Gasteiger partial charge in [0.1, 0.15) is 12.4 Å². The number of aryl methyl sites for hydroxylation is 2. The lowest BCUT2D eigenvalue weighted by molar-refractivity contribution is -0.121. The lowest BCUT2D eigenvalue weighted by Gasteiger charge is -2.08. The summed E-state index contributed by atoms with van der Waals surface area (Å²) in [7, 11) is 0. The van der Waals surface area contributed by atoms with E-state index in [1.165, 1.54) is 5.39 Å². The largest absolute Gasteiger partial charge is 0.492 e. The number of ketones is 1. The van der Waals surface area contributed by atoms with Gasteiger partial charge in [0.15, 0.2) is 5.78 Å². The van der Waals surface area contributed by atoms with Crippen molar-refractivity contribution in [2.75, 3.05) is 13.2 Å². The fourth-order valence-corrected chi connectivity index (χ4v) is 3.92. The Morgan fingerprint density at radius 3 is 2.52 bits per heavy atom. The van der Waals surface area contributed by atoms with Crippen molar-refractivity contribution in [2.24, 2.45) is 0 Å². The number of carbonyl (C=O) groups is 2. The van der Waals surface area contributed by atoms with Crippen molar-refractivity contribution in [1.82, 2.24) is 5.32 Å². The number of hydrogen-bond donors (Lipinski definition) is 1. The van der Waals surface area contributed by atoms with E-state index >= 15 is 0 Å². The molecule has 1 aromatic heterocycles. The highest BCUT2D eigenvalue weighted by Crippen LogP contribution is 2.22. The molecule has 0 aliphatic heterocycles. The smallest absolute Gasteiger partial charge is 0.220 e. The van der Waals surface area contributed by atoms with Crippen LogP contribution in [-0.2, 0) is 4.79 Å². The molecule has 27 heavy (non-hydrogen) atoms. The molecule has 0 aliphatic rings. The standard InChI is InChI=1S/C22H23NO3S/c1-15-13-20(16(2)27-15)21(24)9-10-22(25)23-11-12-26-19-8-7-17-5-3-4-6-18(17)14-19/h3-8,13-14H,9-12H2,1-2H3,(H,23,25). The summed E-state index contributed by atoms with van der Waals surface area (Å²) in [5.41, 5.74) is 0.741. The molecule has 1 amide bonds. The summed E-state index contributed by atoms with van der Waals surface area (Å²) in [6.07, 6.45) is 0.428. The Labute approximate surface area is 163 Å². The average Bonchev–Trinajstić information content (AvgIpc) is 3.01. The van der Waals surface area contributed by atoms with Crippen LogP contribution in [0, 0.1) is 13.8 Å². The Kier molecular flexibility index (Phi) is 6.24. The summed E-state index contributed by atoms with van der Waals surface area (Å²) in [5, 5.41) is 5.09. The van der Waals surface area contributed by atoms with E-state index in [1.807, 2.05) is 56.3 Å². The molecule has 0 saturated carbocycles. The quantitative estimate of drug-likeness (QED) is 0.455. The second-order valence-corrected chi connectivity index (χ2v) is 7.92. The molecule has 0 radical (unpaired) electrons. The third kappa shape index (κ3) is 5.17. The van der Waals surface area contributed by atoms with Gasteiger partial charge in [-0.25, -0.2) is 0 Å². The van der Waals surface area contributed by atoms with Crippen molar-refractivity contribution in [2.45, 2.75) is 26.7 Å². The van der Waals surface area contributed by atoms with Gasteiger partial charge in [0, 0.05) is 28.2 Å². The summed E-state index contributed by atoms with van der Waals surface area (Å²) < 4.78 is 5.70. The fourth-order valence-electron chi connectivity index (χ4n) is 2.97.